The fourth-order valence-electron chi connectivity index (χ4n) is 5.25. The third kappa shape index (κ3) is 3.22. The molecule has 1 aromatic rings. The molecule has 0 spiro atoms. The third-order valence-electron chi connectivity index (χ3n) is 6.75. The average molecular weight is 387 g/mol. The summed E-state index contributed by atoms with van der Waals surface area (Å²) in [4.78, 5) is 14.1. The van der Waals surface area contributed by atoms with Crippen LogP contribution in [0.3, 0.4) is 0 Å². The number of allylic oxidation sites excluding steroid dienone is 2. The van der Waals surface area contributed by atoms with Gasteiger partial charge >= 0.3 is 0 Å². The SMILES string of the molecule is CC(C)(O)C1CCC2=C(Cc3c(C(N)=O)cc(F)c(N4CCC[C@H](N)C4)c32)C1. The van der Waals surface area contributed by atoms with E-state index in [2.05, 4.69) is 0 Å². The molecule has 1 heterocycles. The van der Waals surface area contributed by atoms with Gasteiger partial charge in [0.2, 0.25) is 5.91 Å². The highest BCUT2D eigenvalue weighted by Crippen LogP contribution is 2.50. The Hall–Kier alpha value is -1.92. The number of aliphatic hydroxyl groups is 1. The van der Waals surface area contributed by atoms with Crippen LogP contribution in [-0.2, 0) is 6.42 Å². The van der Waals surface area contributed by atoms with Gasteiger partial charge in [-0.25, -0.2) is 4.39 Å². The molecule has 28 heavy (non-hydrogen) atoms. The highest BCUT2D eigenvalue weighted by atomic mass is 19.1. The molecule has 1 fully saturated rings. The second kappa shape index (κ2) is 6.85. The molecular weight excluding hydrogens is 357 g/mol. The van der Waals surface area contributed by atoms with Gasteiger partial charge in [-0.15, -0.1) is 0 Å². The Labute approximate surface area is 165 Å². The van der Waals surface area contributed by atoms with E-state index in [1.165, 1.54) is 11.6 Å². The van der Waals surface area contributed by atoms with Crippen molar-refractivity contribution in [3.63, 3.8) is 0 Å². The van der Waals surface area contributed by atoms with Gasteiger partial charge in [0, 0.05) is 30.3 Å². The summed E-state index contributed by atoms with van der Waals surface area (Å²) in [7, 11) is 0. The summed E-state index contributed by atoms with van der Waals surface area (Å²) in [5.74, 6) is -0.815. The number of piperidine rings is 1. The van der Waals surface area contributed by atoms with Gasteiger partial charge in [0.15, 0.2) is 0 Å². The molecule has 2 aliphatic carbocycles. The van der Waals surface area contributed by atoms with Crippen molar-refractivity contribution in [2.24, 2.45) is 17.4 Å². The number of hydrogen-bond donors (Lipinski definition) is 3. The number of carbonyl (C=O) groups excluding carboxylic acids is 1. The second-order valence-corrected chi connectivity index (χ2v) is 9.17. The summed E-state index contributed by atoms with van der Waals surface area (Å²) in [5, 5.41) is 10.5. The summed E-state index contributed by atoms with van der Waals surface area (Å²) < 4.78 is 15.2. The lowest BCUT2D eigenvalue weighted by Crippen LogP contribution is -2.43. The molecule has 3 aliphatic rings. The normalized spacial score (nSPS) is 25.0. The number of nitrogens with zero attached hydrogens (tertiary/aromatic N) is 1. The number of benzene rings is 1. The Morgan fingerprint density at radius 3 is 2.75 bits per heavy atom. The predicted molar refractivity (Wildman–Crippen MR) is 109 cm³/mol. The maximum atomic E-state index is 15.2. The molecule has 1 amide bonds. The van der Waals surface area contributed by atoms with Crippen molar-refractivity contribution < 1.29 is 14.3 Å². The molecule has 4 rings (SSSR count). The van der Waals surface area contributed by atoms with E-state index in [4.69, 9.17) is 11.5 Å². The lowest BCUT2D eigenvalue weighted by atomic mass is 9.76. The van der Waals surface area contributed by atoms with Crippen LogP contribution in [0.15, 0.2) is 11.6 Å². The van der Waals surface area contributed by atoms with Crippen LogP contribution in [0.2, 0.25) is 0 Å². The molecular formula is C22H30FN3O2. The molecule has 0 bridgehead atoms. The zero-order valence-corrected chi connectivity index (χ0v) is 16.7. The van der Waals surface area contributed by atoms with Gasteiger partial charge in [-0.05, 0) is 75.5 Å². The van der Waals surface area contributed by atoms with Gasteiger partial charge in [0.05, 0.1) is 11.3 Å². The number of anilines is 1. The number of rotatable bonds is 3. The Morgan fingerprint density at radius 1 is 1.36 bits per heavy atom. The van der Waals surface area contributed by atoms with Crippen molar-refractivity contribution >= 4 is 17.2 Å². The summed E-state index contributed by atoms with van der Waals surface area (Å²) in [6.45, 7) is 5.08. The Kier molecular flexibility index (Phi) is 4.74. The fraction of sp³-hybridized carbons (Fsp3) is 0.591. The topological polar surface area (TPSA) is 92.6 Å². The maximum Gasteiger partial charge on any atom is 0.249 e. The first-order valence-corrected chi connectivity index (χ1v) is 10.3. The number of nitrogens with two attached hydrogens (primary N) is 2. The quantitative estimate of drug-likeness (QED) is 0.744. The van der Waals surface area contributed by atoms with Gasteiger partial charge in [0.25, 0.3) is 0 Å². The standard InChI is InChI=1S/C22H30FN3O2/c1-22(2,28)13-5-6-15-12(8-13)9-16-17(21(25)27)10-18(23)20(19(15)16)26-7-3-4-14(24)11-26/h10,13-14,28H,3-9,11,24H2,1-2H3,(H2,25,27)/t13?,14-/m0/s1. The molecule has 5 N–H and O–H groups in total. The number of primary amides is 1. The molecule has 2 atom stereocenters. The minimum Gasteiger partial charge on any atom is -0.390 e. The number of carbonyl (C=O) groups is 1. The average Bonchev–Trinajstić information content (AvgIpc) is 2.98. The fourth-order valence-corrected chi connectivity index (χ4v) is 5.25. The molecule has 1 aliphatic heterocycles. The summed E-state index contributed by atoms with van der Waals surface area (Å²) in [6, 6.07) is 1.34. The Morgan fingerprint density at radius 2 is 2.11 bits per heavy atom. The van der Waals surface area contributed by atoms with Gasteiger partial charge in [-0.1, -0.05) is 5.57 Å². The highest BCUT2D eigenvalue weighted by molar-refractivity contribution is 5.99. The first kappa shape index (κ1) is 19.4. The van der Waals surface area contributed by atoms with E-state index < -0.39 is 11.5 Å². The summed E-state index contributed by atoms with van der Waals surface area (Å²) >= 11 is 0. The van der Waals surface area contributed by atoms with Crippen LogP contribution in [0.4, 0.5) is 10.1 Å². The Balaban J connectivity index is 1.82. The zero-order chi connectivity index (χ0) is 20.2. The van der Waals surface area contributed by atoms with E-state index in [0.29, 0.717) is 18.7 Å². The van der Waals surface area contributed by atoms with Crippen molar-refractivity contribution in [2.75, 3.05) is 18.0 Å². The van der Waals surface area contributed by atoms with Gasteiger partial charge in [-0.2, -0.15) is 0 Å². The van der Waals surface area contributed by atoms with Crippen LogP contribution in [0.25, 0.3) is 5.57 Å². The van der Waals surface area contributed by atoms with E-state index in [0.717, 1.165) is 55.3 Å². The number of halogens is 1. The third-order valence-corrected chi connectivity index (χ3v) is 6.75. The van der Waals surface area contributed by atoms with E-state index in [1.54, 1.807) is 0 Å². The van der Waals surface area contributed by atoms with Crippen LogP contribution in [0.1, 0.15) is 67.4 Å². The molecule has 152 valence electrons. The van der Waals surface area contributed by atoms with E-state index in [9.17, 15) is 9.90 Å². The summed E-state index contributed by atoms with van der Waals surface area (Å²) in [5.41, 5.74) is 15.9. The molecule has 1 unspecified atom stereocenters. The van der Waals surface area contributed by atoms with Crippen molar-refractivity contribution in [2.45, 2.75) is 64.0 Å². The molecule has 6 heteroatoms. The first-order chi connectivity index (χ1) is 13.2. The van der Waals surface area contributed by atoms with Crippen LogP contribution in [-0.4, -0.2) is 35.7 Å². The minimum atomic E-state index is -0.756. The van der Waals surface area contributed by atoms with Gasteiger partial charge in [0.1, 0.15) is 5.82 Å². The van der Waals surface area contributed by atoms with Crippen molar-refractivity contribution in [1.82, 2.24) is 0 Å². The minimum absolute atomic E-state index is 0.0281. The summed E-state index contributed by atoms with van der Waals surface area (Å²) in [6.07, 6.45) is 4.89. The van der Waals surface area contributed by atoms with Crippen LogP contribution in [0, 0.1) is 11.7 Å². The lowest BCUT2D eigenvalue weighted by Gasteiger charge is -2.36. The molecule has 1 aromatic carbocycles. The predicted octanol–water partition coefficient (Wildman–Crippen LogP) is 2.73. The molecule has 0 aromatic heterocycles. The van der Waals surface area contributed by atoms with Crippen molar-refractivity contribution in [1.29, 1.82) is 0 Å². The monoisotopic (exact) mass is 387 g/mol. The largest absolute Gasteiger partial charge is 0.390 e. The number of amides is 1. The van der Waals surface area contributed by atoms with Crippen LogP contribution < -0.4 is 16.4 Å². The number of hydrogen-bond acceptors (Lipinski definition) is 4. The second-order valence-electron chi connectivity index (χ2n) is 9.17. The van der Waals surface area contributed by atoms with Crippen molar-refractivity contribution in [3.8, 4) is 0 Å². The van der Waals surface area contributed by atoms with E-state index in [1.807, 2.05) is 18.7 Å². The van der Waals surface area contributed by atoms with Crippen LogP contribution in [0.5, 0.6) is 0 Å². The lowest BCUT2D eigenvalue weighted by molar-refractivity contribution is 0.0123. The maximum absolute atomic E-state index is 15.2. The van der Waals surface area contributed by atoms with Crippen LogP contribution >= 0.6 is 0 Å². The first-order valence-electron chi connectivity index (χ1n) is 10.3. The molecule has 1 saturated heterocycles. The van der Waals surface area contributed by atoms with Crippen molar-refractivity contribution in [3.05, 3.63) is 34.1 Å². The zero-order valence-electron chi connectivity index (χ0n) is 16.7. The Bertz CT molecular complexity index is 856. The van der Waals surface area contributed by atoms with E-state index in [-0.39, 0.29) is 23.3 Å². The number of fused-ring (bicyclic) bond motifs is 2. The van der Waals surface area contributed by atoms with Gasteiger partial charge < -0.3 is 21.5 Å². The molecule has 0 radical (unpaired) electrons. The molecule has 0 saturated carbocycles. The highest BCUT2D eigenvalue weighted by Gasteiger charge is 2.39. The molecule has 5 nitrogen and oxygen atoms in total. The van der Waals surface area contributed by atoms with Gasteiger partial charge in [-0.3, -0.25) is 4.79 Å². The smallest absolute Gasteiger partial charge is 0.249 e. The van der Waals surface area contributed by atoms with E-state index >= 15 is 4.39 Å².